The first kappa shape index (κ1) is 15.7. The third-order valence-corrected chi connectivity index (χ3v) is 5.61. The molecule has 0 aliphatic carbocycles. The maximum absolute atomic E-state index is 12.6. The van der Waals surface area contributed by atoms with Gasteiger partial charge >= 0.3 is 0 Å². The summed E-state index contributed by atoms with van der Waals surface area (Å²) in [7, 11) is 0. The molecule has 0 saturated carbocycles. The van der Waals surface area contributed by atoms with E-state index in [-0.39, 0.29) is 23.9 Å². The molecule has 0 bridgehead atoms. The Labute approximate surface area is 138 Å². The molecule has 3 rings (SSSR count). The number of nitrogens with zero attached hydrogens (tertiary/aromatic N) is 4. The molecular formula is C16H18N4O2S. The number of piperidine rings is 1. The highest BCUT2D eigenvalue weighted by molar-refractivity contribution is 7.18. The van der Waals surface area contributed by atoms with Crippen LogP contribution in [-0.4, -0.2) is 33.4 Å². The standard InChI is InChI=1S/C16H18N4O2S/c1-10-11(2)23-15-14(10)16(22)20(9-18-15)8-13(21)19-5-3-12(7-17)4-6-19/h9,12H,3-6,8H2,1-2H3. The molecule has 0 radical (unpaired) electrons. The third kappa shape index (κ3) is 2.86. The highest BCUT2D eigenvalue weighted by Crippen LogP contribution is 2.25. The van der Waals surface area contributed by atoms with Crippen LogP contribution in [0.2, 0.25) is 0 Å². The Morgan fingerprint density at radius 3 is 2.78 bits per heavy atom. The second-order valence-electron chi connectivity index (χ2n) is 5.93. The van der Waals surface area contributed by atoms with E-state index in [9.17, 15) is 9.59 Å². The van der Waals surface area contributed by atoms with Gasteiger partial charge in [0.1, 0.15) is 11.4 Å². The van der Waals surface area contributed by atoms with E-state index in [1.165, 1.54) is 22.2 Å². The molecule has 0 atom stereocenters. The van der Waals surface area contributed by atoms with Crippen molar-refractivity contribution in [1.82, 2.24) is 14.5 Å². The zero-order chi connectivity index (χ0) is 16.6. The van der Waals surface area contributed by atoms with Crippen LogP contribution in [0.3, 0.4) is 0 Å². The summed E-state index contributed by atoms with van der Waals surface area (Å²) in [6, 6.07) is 2.25. The number of thiophene rings is 1. The minimum atomic E-state index is -0.155. The van der Waals surface area contributed by atoms with Crippen molar-refractivity contribution in [3.63, 3.8) is 0 Å². The number of hydrogen-bond acceptors (Lipinski definition) is 5. The fourth-order valence-electron chi connectivity index (χ4n) is 2.89. The first-order valence-electron chi connectivity index (χ1n) is 7.63. The Bertz CT molecular complexity index is 853. The van der Waals surface area contributed by atoms with Crippen LogP contribution in [0.15, 0.2) is 11.1 Å². The maximum Gasteiger partial charge on any atom is 0.262 e. The lowest BCUT2D eigenvalue weighted by molar-refractivity contribution is -0.133. The third-order valence-electron chi connectivity index (χ3n) is 4.49. The summed E-state index contributed by atoms with van der Waals surface area (Å²) in [5.41, 5.74) is 0.788. The van der Waals surface area contributed by atoms with Gasteiger partial charge in [-0.2, -0.15) is 5.26 Å². The second kappa shape index (κ2) is 6.13. The van der Waals surface area contributed by atoms with E-state index in [2.05, 4.69) is 11.1 Å². The molecule has 1 amide bonds. The lowest BCUT2D eigenvalue weighted by Gasteiger charge is -2.29. The molecule has 7 heteroatoms. The van der Waals surface area contributed by atoms with Crippen LogP contribution in [0, 0.1) is 31.1 Å². The molecule has 1 aliphatic rings. The summed E-state index contributed by atoms with van der Waals surface area (Å²) in [5.74, 6) is -0.0505. The number of amides is 1. The molecule has 1 fully saturated rings. The zero-order valence-electron chi connectivity index (χ0n) is 13.2. The minimum Gasteiger partial charge on any atom is -0.341 e. The van der Waals surface area contributed by atoms with Crippen molar-refractivity contribution in [3.8, 4) is 6.07 Å². The van der Waals surface area contributed by atoms with E-state index >= 15 is 0 Å². The number of fused-ring (bicyclic) bond motifs is 1. The number of nitriles is 1. The second-order valence-corrected chi connectivity index (χ2v) is 7.13. The minimum absolute atomic E-state index is 0.00727. The van der Waals surface area contributed by atoms with Crippen molar-refractivity contribution in [2.45, 2.75) is 33.2 Å². The number of hydrogen-bond donors (Lipinski definition) is 0. The highest BCUT2D eigenvalue weighted by atomic mass is 32.1. The van der Waals surface area contributed by atoms with Gasteiger partial charge in [0.2, 0.25) is 5.91 Å². The van der Waals surface area contributed by atoms with Gasteiger partial charge in [0.25, 0.3) is 5.56 Å². The van der Waals surface area contributed by atoms with Gasteiger partial charge in [-0.05, 0) is 32.3 Å². The molecule has 3 heterocycles. The van der Waals surface area contributed by atoms with Gasteiger partial charge in [-0.25, -0.2) is 4.98 Å². The summed E-state index contributed by atoms with van der Waals surface area (Å²) in [5, 5.41) is 9.53. The van der Waals surface area contributed by atoms with Crippen molar-refractivity contribution in [1.29, 1.82) is 5.26 Å². The van der Waals surface area contributed by atoms with Crippen molar-refractivity contribution < 1.29 is 4.79 Å². The SMILES string of the molecule is Cc1sc2ncn(CC(=O)N3CCC(C#N)CC3)c(=O)c2c1C. The Morgan fingerprint density at radius 1 is 1.43 bits per heavy atom. The van der Waals surface area contributed by atoms with Crippen LogP contribution < -0.4 is 5.56 Å². The van der Waals surface area contributed by atoms with Gasteiger partial charge in [0.15, 0.2) is 0 Å². The fraction of sp³-hybridized carbons (Fsp3) is 0.500. The molecule has 1 saturated heterocycles. The smallest absolute Gasteiger partial charge is 0.262 e. The Morgan fingerprint density at radius 2 is 2.13 bits per heavy atom. The summed E-state index contributed by atoms with van der Waals surface area (Å²) in [6.07, 6.45) is 2.87. The number of rotatable bonds is 2. The Balaban J connectivity index is 1.81. The average molecular weight is 330 g/mol. The molecule has 0 N–H and O–H groups in total. The quantitative estimate of drug-likeness (QED) is 0.841. The monoisotopic (exact) mass is 330 g/mol. The number of aromatic nitrogens is 2. The van der Waals surface area contributed by atoms with Gasteiger partial charge < -0.3 is 4.90 Å². The van der Waals surface area contributed by atoms with E-state index in [4.69, 9.17) is 5.26 Å². The van der Waals surface area contributed by atoms with Gasteiger partial charge in [-0.3, -0.25) is 14.2 Å². The van der Waals surface area contributed by atoms with Crippen LogP contribution in [-0.2, 0) is 11.3 Å². The molecule has 0 spiro atoms. The summed E-state index contributed by atoms with van der Waals surface area (Å²) in [6.45, 7) is 5.05. The van der Waals surface area contributed by atoms with Gasteiger partial charge in [-0.15, -0.1) is 11.3 Å². The van der Waals surface area contributed by atoms with Crippen molar-refractivity contribution in [2.75, 3.05) is 13.1 Å². The molecule has 120 valence electrons. The van der Waals surface area contributed by atoms with E-state index in [0.717, 1.165) is 15.3 Å². The molecule has 6 nitrogen and oxygen atoms in total. The summed E-state index contributed by atoms with van der Waals surface area (Å²) in [4.78, 5) is 32.8. The topological polar surface area (TPSA) is 79.0 Å². The van der Waals surface area contributed by atoms with Crippen LogP contribution >= 0.6 is 11.3 Å². The van der Waals surface area contributed by atoms with Crippen molar-refractivity contribution in [2.24, 2.45) is 5.92 Å². The van der Waals surface area contributed by atoms with E-state index in [0.29, 0.717) is 31.3 Å². The predicted octanol–water partition coefficient (Wildman–Crippen LogP) is 1.84. The van der Waals surface area contributed by atoms with Crippen molar-refractivity contribution >= 4 is 27.5 Å². The largest absolute Gasteiger partial charge is 0.341 e. The zero-order valence-corrected chi connectivity index (χ0v) is 14.0. The molecule has 0 unspecified atom stereocenters. The average Bonchev–Trinajstić information content (AvgIpc) is 2.85. The van der Waals surface area contributed by atoms with Gasteiger partial charge in [-0.1, -0.05) is 0 Å². The number of aryl methyl sites for hydroxylation is 2. The highest BCUT2D eigenvalue weighted by Gasteiger charge is 2.23. The first-order chi connectivity index (χ1) is 11.0. The molecule has 0 aromatic carbocycles. The number of likely N-dealkylation sites (tertiary alicyclic amines) is 1. The maximum atomic E-state index is 12.6. The summed E-state index contributed by atoms with van der Waals surface area (Å²) >= 11 is 1.50. The van der Waals surface area contributed by atoms with Crippen LogP contribution in [0.5, 0.6) is 0 Å². The van der Waals surface area contributed by atoms with Crippen molar-refractivity contribution in [3.05, 3.63) is 27.1 Å². The van der Waals surface area contributed by atoms with Gasteiger partial charge in [0.05, 0.1) is 17.8 Å². The first-order valence-corrected chi connectivity index (χ1v) is 8.45. The Kier molecular flexibility index (Phi) is 4.18. The van der Waals surface area contributed by atoms with Crippen LogP contribution in [0.25, 0.3) is 10.2 Å². The van der Waals surface area contributed by atoms with E-state index < -0.39 is 0 Å². The van der Waals surface area contributed by atoms with Gasteiger partial charge in [0, 0.05) is 23.9 Å². The van der Waals surface area contributed by atoms with Crippen LogP contribution in [0.1, 0.15) is 23.3 Å². The lowest BCUT2D eigenvalue weighted by atomic mass is 9.99. The molecule has 2 aromatic rings. The number of carbonyl (C=O) groups excluding carboxylic acids is 1. The molecule has 2 aromatic heterocycles. The van der Waals surface area contributed by atoms with Crippen LogP contribution in [0.4, 0.5) is 0 Å². The molecule has 23 heavy (non-hydrogen) atoms. The summed E-state index contributed by atoms with van der Waals surface area (Å²) < 4.78 is 1.39. The van der Waals surface area contributed by atoms with E-state index in [1.807, 2.05) is 13.8 Å². The normalized spacial score (nSPS) is 15.8. The number of carbonyl (C=O) groups is 1. The molecule has 1 aliphatic heterocycles. The fourth-order valence-corrected chi connectivity index (χ4v) is 3.87. The lowest BCUT2D eigenvalue weighted by Crippen LogP contribution is -2.41. The van der Waals surface area contributed by atoms with E-state index in [1.54, 1.807) is 4.90 Å². The Hall–Kier alpha value is -2.20. The molecular weight excluding hydrogens is 312 g/mol. The predicted molar refractivity (Wildman–Crippen MR) is 88.3 cm³/mol.